The second-order valence-corrected chi connectivity index (χ2v) is 33.9. The van der Waals surface area contributed by atoms with Gasteiger partial charge in [0.15, 0.2) is 12.2 Å². The smallest absolute Gasteiger partial charge is 0.462 e. The van der Waals surface area contributed by atoms with Crippen molar-refractivity contribution in [1.29, 1.82) is 0 Å². The third-order valence-electron chi connectivity index (χ3n) is 19.8. The minimum Gasteiger partial charge on any atom is -0.462 e. The Balaban J connectivity index is 5.26. The third kappa shape index (κ3) is 73.4. The zero-order chi connectivity index (χ0) is 74.6. The molecule has 101 heavy (non-hydrogen) atoms. The highest BCUT2D eigenvalue weighted by Crippen LogP contribution is 2.45. The van der Waals surface area contributed by atoms with Gasteiger partial charge < -0.3 is 33.8 Å². The van der Waals surface area contributed by atoms with E-state index in [0.29, 0.717) is 25.7 Å². The monoisotopic (exact) mass is 1480 g/mol. The molecule has 17 nitrogen and oxygen atoms in total. The number of esters is 4. The van der Waals surface area contributed by atoms with Crippen LogP contribution in [0.5, 0.6) is 0 Å². The average molecular weight is 1480 g/mol. The number of phosphoric ester groups is 2. The van der Waals surface area contributed by atoms with Crippen molar-refractivity contribution in [2.75, 3.05) is 39.6 Å². The van der Waals surface area contributed by atoms with Crippen LogP contribution in [0.25, 0.3) is 0 Å². The number of ether oxygens (including phenoxy) is 4. The van der Waals surface area contributed by atoms with Crippen LogP contribution in [0, 0.1) is 23.7 Å². The van der Waals surface area contributed by atoms with E-state index in [9.17, 15) is 43.2 Å². The van der Waals surface area contributed by atoms with Gasteiger partial charge in [-0.25, -0.2) is 9.13 Å². The van der Waals surface area contributed by atoms with Gasteiger partial charge in [0.1, 0.15) is 19.3 Å². The first-order valence-corrected chi connectivity index (χ1v) is 45.3. The SMILES string of the molecule is CCC(C)CCCCCCCCCCCCCCCCC(=O)OC[C@H](COP(=O)(O)OC[C@@H](O)COP(=O)(O)OC[C@@H](COC(=O)CCCCCCCCCCC(C)C)OC(=O)CCCCCCCCCCCCCC(C)C)OC(=O)CCCCCCCCCCCCCCCCC(C)CC. The van der Waals surface area contributed by atoms with Crippen LogP contribution in [0.2, 0.25) is 0 Å². The second-order valence-electron chi connectivity index (χ2n) is 31.0. The molecular weight excluding hydrogens is 1320 g/mol. The van der Waals surface area contributed by atoms with Gasteiger partial charge in [-0.2, -0.15) is 0 Å². The Hall–Kier alpha value is -1.94. The lowest BCUT2D eigenvalue weighted by Gasteiger charge is -2.21. The fraction of sp³-hybridized carbons (Fsp3) is 0.951. The van der Waals surface area contributed by atoms with E-state index in [0.717, 1.165) is 114 Å². The molecule has 0 aliphatic heterocycles. The van der Waals surface area contributed by atoms with E-state index < -0.39 is 97.5 Å². The predicted molar refractivity (Wildman–Crippen MR) is 414 cm³/mol. The molecule has 0 saturated carbocycles. The summed E-state index contributed by atoms with van der Waals surface area (Å²) in [5, 5.41) is 10.7. The maximum Gasteiger partial charge on any atom is 0.472 e. The molecule has 0 aromatic carbocycles. The molecule has 0 aliphatic carbocycles. The normalized spacial score (nSPS) is 14.5. The van der Waals surface area contributed by atoms with E-state index in [1.54, 1.807) is 0 Å². The van der Waals surface area contributed by atoms with E-state index in [-0.39, 0.29) is 25.7 Å². The maximum absolute atomic E-state index is 13.1. The fourth-order valence-corrected chi connectivity index (χ4v) is 14.1. The highest BCUT2D eigenvalue weighted by Gasteiger charge is 2.30. The van der Waals surface area contributed by atoms with Crippen LogP contribution in [0.15, 0.2) is 0 Å². The van der Waals surface area contributed by atoms with Gasteiger partial charge >= 0.3 is 39.5 Å². The average Bonchev–Trinajstić information content (AvgIpc) is 0.950. The molecule has 19 heteroatoms. The molecule has 4 unspecified atom stereocenters. The Kier molecular flexibility index (Phi) is 69.6. The highest BCUT2D eigenvalue weighted by molar-refractivity contribution is 7.47. The van der Waals surface area contributed by atoms with Crippen molar-refractivity contribution in [3.63, 3.8) is 0 Å². The summed E-state index contributed by atoms with van der Waals surface area (Å²) in [6.45, 7) is 14.3. The molecule has 0 rings (SSSR count). The first-order valence-electron chi connectivity index (χ1n) is 42.3. The standard InChI is InChI=1S/C82H160O17P2/c1-9-74(7)60-52-44-36-27-21-15-11-13-17-23-29-38-46-54-62-79(84)92-68-77(98-81(86)64-56-48-40-30-24-18-14-12-16-22-28-37-45-53-61-75(8)10-2)70-96-100(88,89)94-66-76(83)67-95-101(90,91)97-71-78(69-93-80(85)63-55-47-39-33-32-35-43-51-59-73(5)6)99-82(87)65-57-49-41-31-25-19-20-26-34-42-50-58-72(3)4/h72-78,83H,9-71H2,1-8H3,(H,88,89)(H,90,91)/t74?,75?,76-,77-,78-/m1/s1. The van der Waals surface area contributed by atoms with E-state index >= 15 is 0 Å². The second kappa shape index (κ2) is 71.0. The molecule has 0 aromatic rings. The van der Waals surface area contributed by atoms with E-state index in [1.165, 1.54) is 225 Å². The number of hydrogen-bond acceptors (Lipinski definition) is 15. The van der Waals surface area contributed by atoms with Crippen LogP contribution >= 0.6 is 15.6 Å². The van der Waals surface area contributed by atoms with Gasteiger partial charge in [0.25, 0.3) is 0 Å². The Labute approximate surface area is 619 Å². The molecule has 7 atom stereocenters. The summed E-state index contributed by atoms with van der Waals surface area (Å²) in [6.07, 6.45) is 58.1. The molecule has 3 N–H and O–H groups in total. The number of rotatable bonds is 79. The molecule has 0 saturated heterocycles. The number of aliphatic hydroxyl groups excluding tert-OH is 1. The summed E-state index contributed by atoms with van der Waals surface area (Å²) in [5.74, 6) is 1.07. The van der Waals surface area contributed by atoms with Crippen LogP contribution in [0.1, 0.15) is 421 Å². The number of carbonyl (C=O) groups excluding carboxylic acids is 4. The number of hydrogen-bond donors (Lipinski definition) is 3. The first-order chi connectivity index (χ1) is 48.7. The molecule has 0 aromatic heterocycles. The van der Waals surface area contributed by atoms with Crippen LogP contribution in [0.4, 0.5) is 0 Å². The largest absolute Gasteiger partial charge is 0.472 e. The quantitative estimate of drug-likeness (QED) is 0.0222. The molecule has 0 fully saturated rings. The van der Waals surface area contributed by atoms with Gasteiger partial charge in [0, 0.05) is 25.7 Å². The Morgan fingerprint density at radius 2 is 0.475 bits per heavy atom. The zero-order valence-corrected chi connectivity index (χ0v) is 68.3. The van der Waals surface area contributed by atoms with E-state index in [4.69, 9.17) is 37.0 Å². The number of unbranched alkanes of at least 4 members (excludes halogenated alkanes) is 43. The summed E-state index contributed by atoms with van der Waals surface area (Å²) in [4.78, 5) is 73.1. The molecule has 0 spiro atoms. The van der Waals surface area contributed by atoms with Crippen LogP contribution in [-0.4, -0.2) is 96.7 Å². The summed E-state index contributed by atoms with van der Waals surface area (Å²) in [6, 6.07) is 0. The minimum atomic E-state index is -4.96. The van der Waals surface area contributed by atoms with Gasteiger partial charge in [-0.05, 0) is 49.4 Å². The zero-order valence-electron chi connectivity index (χ0n) is 66.5. The van der Waals surface area contributed by atoms with Crippen molar-refractivity contribution >= 4 is 39.5 Å². The van der Waals surface area contributed by atoms with E-state index in [2.05, 4.69) is 55.4 Å². The van der Waals surface area contributed by atoms with Crippen LogP contribution in [-0.2, 0) is 65.4 Å². The summed E-state index contributed by atoms with van der Waals surface area (Å²) < 4.78 is 68.8. The summed E-state index contributed by atoms with van der Waals surface area (Å²) in [7, 11) is -9.92. The maximum atomic E-state index is 13.1. The third-order valence-corrected chi connectivity index (χ3v) is 21.7. The van der Waals surface area contributed by atoms with Gasteiger partial charge in [-0.1, -0.05) is 370 Å². The molecule has 0 radical (unpaired) electrons. The lowest BCUT2D eigenvalue weighted by atomic mass is 9.99. The Morgan fingerprint density at radius 3 is 0.703 bits per heavy atom. The van der Waals surface area contributed by atoms with Crippen molar-refractivity contribution < 1.29 is 80.2 Å². The predicted octanol–water partition coefficient (Wildman–Crippen LogP) is 24.4. The summed E-state index contributed by atoms with van der Waals surface area (Å²) >= 11 is 0. The molecule has 0 heterocycles. The Morgan fingerprint density at radius 1 is 0.277 bits per heavy atom. The van der Waals surface area contributed by atoms with Crippen LogP contribution < -0.4 is 0 Å². The van der Waals surface area contributed by atoms with Gasteiger partial charge in [-0.3, -0.25) is 37.3 Å². The molecule has 0 amide bonds. The molecular formula is C82H160O17P2. The first kappa shape index (κ1) is 99.1. The molecule has 0 bridgehead atoms. The Bertz CT molecular complexity index is 1980. The van der Waals surface area contributed by atoms with Crippen molar-refractivity contribution in [2.45, 2.75) is 440 Å². The number of phosphoric acid groups is 2. The molecule has 600 valence electrons. The van der Waals surface area contributed by atoms with Gasteiger partial charge in [0.05, 0.1) is 26.4 Å². The van der Waals surface area contributed by atoms with Crippen molar-refractivity contribution in [3.8, 4) is 0 Å². The van der Waals surface area contributed by atoms with Crippen LogP contribution in [0.3, 0.4) is 0 Å². The fourth-order valence-electron chi connectivity index (χ4n) is 12.5. The topological polar surface area (TPSA) is 237 Å². The van der Waals surface area contributed by atoms with Crippen molar-refractivity contribution in [3.05, 3.63) is 0 Å². The van der Waals surface area contributed by atoms with Crippen molar-refractivity contribution in [1.82, 2.24) is 0 Å². The van der Waals surface area contributed by atoms with Crippen molar-refractivity contribution in [2.24, 2.45) is 23.7 Å². The summed E-state index contributed by atoms with van der Waals surface area (Å²) in [5.41, 5.74) is 0. The minimum absolute atomic E-state index is 0.106. The number of aliphatic hydroxyl groups is 1. The van der Waals surface area contributed by atoms with E-state index in [1.807, 2.05) is 0 Å². The number of carbonyl (C=O) groups is 4. The lowest BCUT2D eigenvalue weighted by molar-refractivity contribution is -0.161. The van der Waals surface area contributed by atoms with Gasteiger partial charge in [-0.15, -0.1) is 0 Å². The lowest BCUT2D eigenvalue weighted by Crippen LogP contribution is -2.30. The molecule has 0 aliphatic rings. The van der Waals surface area contributed by atoms with Gasteiger partial charge in [0.2, 0.25) is 0 Å². The highest BCUT2D eigenvalue weighted by atomic mass is 31.2.